The van der Waals surface area contributed by atoms with Gasteiger partial charge in [-0.3, -0.25) is 4.79 Å². The third-order valence-electron chi connectivity index (χ3n) is 3.43. The van der Waals surface area contributed by atoms with Gasteiger partial charge in [0.15, 0.2) is 5.69 Å². The molecule has 25 heavy (non-hydrogen) atoms. The smallest absolute Gasteiger partial charge is 0.256 e. The van der Waals surface area contributed by atoms with Gasteiger partial charge in [0.05, 0.1) is 6.61 Å². The number of nitrogens with one attached hydrogen (secondary N) is 1. The molecule has 3 rings (SSSR count). The first kappa shape index (κ1) is 17.0. The second-order valence-corrected chi connectivity index (χ2v) is 5.73. The lowest BCUT2D eigenvalue weighted by Gasteiger charge is -2.06. The van der Waals surface area contributed by atoms with Crippen molar-refractivity contribution in [3.8, 4) is 17.0 Å². The van der Waals surface area contributed by atoms with Gasteiger partial charge in [0.25, 0.3) is 5.91 Å². The van der Waals surface area contributed by atoms with Crippen molar-refractivity contribution in [3.05, 3.63) is 59.1 Å². The molecule has 7 heteroatoms. The molecule has 1 heterocycles. The number of anilines is 1. The molecular formula is C18H16ClN3O3. The fraction of sp³-hybridized carbons (Fsp3) is 0.167. The Bertz CT molecular complexity index is 845. The molecule has 0 unspecified atom stereocenters. The fourth-order valence-corrected chi connectivity index (χ4v) is 2.30. The average molecular weight is 358 g/mol. The maximum Gasteiger partial charge on any atom is 0.256 e. The molecule has 0 atom stereocenters. The topological polar surface area (TPSA) is 77.2 Å². The molecule has 0 saturated carbocycles. The van der Waals surface area contributed by atoms with Crippen molar-refractivity contribution in [1.82, 2.24) is 10.3 Å². The Morgan fingerprint density at radius 1 is 1.12 bits per heavy atom. The van der Waals surface area contributed by atoms with E-state index in [1.807, 2.05) is 6.92 Å². The van der Waals surface area contributed by atoms with E-state index in [1.54, 1.807) is 48.5 Å². The SMILES string of the molecule is CCCOc1ccc(C(=O)Nc2nonc2-c2ccc(Cl)cc2)cc1. The first-order chi connectivity index (χ1) is 12.2. The van der Waals surface area contributed by atoms with Gasteiger partial charge in [-0.2, -0.15) is 0 Å². The lowest BCUT2D eigenvalue weighted by molar-refractivity contribution is 0.102. The van der Waals surface area contributed by atoms with Crippen LogP contribution in [0.4, 0.5) is 5.82 Å². The number of ether oxygens (including phenoxy) is 1. The van der Waals surface area contributed by atoms with Gasteiger partial charge < -0.3 is 10.1 Å². The van der Waals surface area contributed by atoms with E-state index in [0.29, 0.717) is 22.9 Å². The number of amides is 1. The number of nitrogens with zero attached hydrogens (tertiary/aromatic N) is 2. The van der Waals surface area contributed by atoms with E-state index in [-0.39, 0.29) is 11.7 Å². The summed E-state index contributed by atoms with van der Waals surface area (Å²) in [5, 5.41) is 10.9. The predicted octanol–water partition coefficient (Wildman–Crippen LogP) is 4.43. The van der Waals surface area contributed by atoms with Crippen LogP contribution in [0.3, 0.4) is 0 Å². The second-order valence-electron chi connectivity index (χ2n) is 5.30. The van der Waals surface area contributed by atoms with Crippen molar-refractivity contribution < 1.29 is 14.2 Å². The maximum absolute atomic E-state index is 12.4. The minimum Gasteiger partial charge on any atom is -0.494 e. The van der Waals surface area contributed by atoms with E-state index in [4.69, 9.17) is 21.0 Å². The monoisotopic (exact) mass is 357 g/mol. The van der Waals surface area contributed by atoms with Crippen molar-refractivity contribution in [2.45, 2.75) is 13.3 Å². The zero-order valence-electron chi connectivity index (χ0n) is 13.5. The molecule has 6 nitrogen and oxygen atoms in total. The van der Waals surface area contributed by atoms with Crippen molar-refractivity contribution in [3.63, 3.8) is 0 Å². The van der Waals surface area contributed by atoms with Gasteiger partial charge in [0, 0.05) is 16.1 Å². The number of halogens is 1. The van der Waals surface area contributed by atoms with Crippen molar-refractivity contribution >= 4 is 23.3 Å². The molecule has 1 aromatic heterocycles. The second kappa shape index (κ2) is 7.81. The average Bonchev–Trinajstić information content (AvgIpc) is 3.09. The summed E-state index contributed by atoms with van der Waals surface area (Å²) in [5.41, 5.74) is 1.66. The Kier molecular flexibility index (Phi) is 5.30. The van der Waals surface area contributed by atoms with Crippen LogP contribution in [0.5, 0.6) is 5.75 Å². The van der Waals surface area contributed by atoms with E-state index < -0.39 is 0 Å². The highest BCUT2D eigenvalue weighted by molar-refractivity contribution is 6.30. The van der Waals surface area contributed by atoms with Crippen LogP contribution in [-0.4, -0.2) is 22.8 Å². The lowest BCUT2D eigenvalue weighted by atomic mass is 10.1. The zero-order valence-corrected chi connectivity index (χ0v) is 14.3. The molecule has 3 aromatic rings. The third-order valence-corrected chi connectivity index (χ3v) is 3.68. The highest BCUT2D eigenvalue weighted by atomic mass is 35.5. The predicted molar refractivity (Wildman–Crippen MR) is 94.9 cm³/mol. The lowest BCUT2D eigenvalue weighted by Crippen LogP contribution is -2.12. The number of rotatable bonds is 6. The first-order valence-electron chi connectivity index (χ1n) is 7.80. The van der Waals surface area contributed by atoms with Crippen molar-refractivity contribution in [1.29, 1.82) is 0 Å². The molecule has 1 amide bonds. The summed E-state index contributed by atoms with van der Waals surface area (Å²) in [7, 11) is 0. The van der Waals surface area contributed by atoms with Gasteiger partial charge >= 0.3 is 0 Å². The Balaban J connectivity index is 1.73. The highest BCUT2D eigenvalue weighted by Gasteiger charge is 2.16. The quantitative estimate of drug-likeness (QED) is 0.706. The molecule has 0 spiro atoms. The van der Waals surface area contributed by atoms with Crippen LogP contribution in [-0.2, 0) is 0 Å². The number of hydrogen-bond acceptors (Lipinski definition) is 5. The van der Waals surface area contributed by atoms with E-state index in [0.717, 1.165) is 17.7 Å². The van der Waals surface area contributed by atoms with Gasteiger partial charge in [-0.05, 0) is 53.1 Å². The van der Waals surface area contributed by atoms with E-state index in [9.17, 15) is 4.79 Å². The molecule has 0 aliphatic carbocycles. The Morgan fingerprint density at radius 3 is 2.52 bits per heavy atom. The van der Waals surface area contributed by atoms with E-state index in [2.05, 4.69) is 15.6 Å². The largest absolute Gasteiger partial charge is 0.494 e. The maximum atomic E-state index is 12.4. The molecule has 2 aromatic carbocycles. The molecule has 128 valence electrons. The van der Waals surface area contributed by atoms with Gasteiger partial charge in [-0.15, -0.1) is 0 Å². The summed E-state index contributed by atoms with van der Waals surface area (Å²) < 4.78 is 10.3. The minimum absolute atomic E-state index is 0.249. The summed E-state index contributed by atoms with van der Waals surface area (Å²) in [6, 6.07) is 13.9. The van der Waals surface area contributed by atoms with Crippen LogP contribution >= 0.6 is 11.6 Å². The number of carbonyl (C=O) groups excluding carboxylic acids is 1. The number of benzene rings is 2. The molecule has 0 fully saturated rings. The van der Waals surface area contributed by atoms with Crippen LogP contribution < -0.4 is 10.1 Å². The van der Waals surface area contributed by atoms with Crippen LogP contribution in [0.2, 0.25) is 5.02 Å². The van der Waals surface area contributed by atoms with Crippen LogP contribution in [0, 0.1) is 0 Å². The standard InChI is InChI=1S/C18H16ClN3O3/c1-2-11-24-15-9-5-13(6-10-15)18(23)20-17-16(21-25-22-17)12-3-7-14(19)8-4-12/h3-10H,2,11H2,1H3,(H,20,22,23). The number of aromatic nitrogens is 2. The molecule has 0 radical (unpaired) electrons. The van der Waals surface area contributed by atoms with Gasteiger partial charge in [-0.1, -0.05) is 30.7 Å². The third kappa shape index (κ3) is 4.16. The summed E-state index contributed by atoms with van der Waals surface area (Å²) in [5.74, 6) is 0.662. The fourth-order valence-electron chi connectivity index (χ4n) is 2.17. The molecular weight excluding hydrogens is 342 g/mol. The van der Waals surface area contributed by atoms with E-state index >= 15 is 0 Å². The summed E-state index contributed by atoms with van der Waals surface area (Å²) >= 11 is 5.88. The van der Waals surface area contributed by atoms with Crippen LogP contribution in [0.25, 0.3) is 11.3 Å². The summed E-state index contributed by atoms with van der Waals surface area (Å²) in [4.78, 5) is 12.4. The van der Waals surface area contributed by atoms with Crippen LogP contribution in [0.1, 0.15) is 23.7 Å². The Labute approximate surface area is 149 Å². The first-order valence-corrected chi connectivity index (χ1v) is 8.18. The minimum atomic E-state index is -0.312. The Morgan fingerprint density at radius 2 is 1.84 bits per heavy atom. The summed E-state index contributed by atoms with van der Waals surface area (Å²) in [6.45, 7) is 2.67. The van der Waals surface area contributed by atoms with Gasteiger partial charge in [-0.25, -0.2) is 4.63 Å². The van der Waals surface area contributed by atoms with Crippen LogP contribution in [0.15, 0.2) is 53.2 Å². The Hall–Kier alpha value is -2.86. The molecule has 0 aliphatic rings. The van der Waals surface area contributed by atoms with Gasteiger partial charge in [0.2, 0.25) is 5.82 Å². The van der Waals surface area contributed by atoms with Gasteiger partial charge in [0.1, 0.15) is 5.75 Å². The number of hydrogen-bond donors (Lipinski definition) is 1. The molecule has 0 saturated heterocycles. The molecule has 0 aliphatic heterocycles. The molecule has 1 N–H and O–H groups in total. The zero-order chi connectivity index (χ0) is 17.6. The van der Waals surface area contributed by atoms with Crippen molar-refractivity contribution in [2.24, 2.45) is 0 Å². The molecule has 0 bridgehead atoms. The normalized spacial score (nSPS) is 10.5. The van der Waals surface area contributed by atoms with E-state index in [1.165, 1.54) is 0 Å². The summed E-state index contributed by atoms with van der Waals surface area (Å²) in [6.07, 6.45) is 0.925. The number of carbonyl (C=O) groups is 1. The van der Waals surface area contributed by atoms with Crippen molar-refractivity contribution in [2.75, 3.05) is 11.9 Å². The highest BCUT2D eigenvalue weighted by Crippen LogP contribution is 2.26.